The van der Waals surface area contributed by atoms with Crippen molar-refractivity contribution in [1.82, 2.24) is 0 Å². The molecular weight excluding hydrogens is 418 g/mol. The molecule has 0 fully saturated rings. The number of carbonyl (C=O) groups is 1. The highest BCUT2D eigenvalue weighted by Gasteiger charge is 2.09. The maximum absolute atomic E-state index is 11.4. The van der Waals surface area contributed by atoms with E-state index >= 15 is 0 Å². The van der Waals surface area contributed by atoms with Crippen molar-refractivity contribution in [3.63, 3.8) is 0 Å². The van der Waals surface area contributed by atoms with Gasteiger partial charge in [0.1, 0.15) is 0 Å². The molecule has 32 heavy (non-hydrogen) atoms. The molecule has 6 heteroatoms. The summed E-state index contributed by atoms with van der Waals surface area (Å²) in [5, 5.41) is -0.204. The number of benzene rings is 1. The van der Waals surface area contributed by atoms with E-state index in [2.05, 4.69) is 87.1 Å². The van der Waals surface area contributed by atoms with Gasteiger partial charge in [0.15, 0.2) is 18.9 Å². The van der Waals surface area contributed by atoms with E-state index in [1.807, 2.05) is 19.3 Å². The average Bonchev–Trinajstić information content (AvgIpc) is 2.73. The van der Waals surface area contributed by atoms with Crippen molar-refractivity contribution >= 4 is 34.9 Å². The summed E-state index contributed by atoms with van der Waals surface area (Å²) in [5.74, 6) is 0.702. The number of anilines is 1. The number of carbonyl (C=O) groups excluding carboxylic acids is 1. The Bertz CT molecular complexity index is 889. The van der Waals surface area contributed by atoms with E-state index in [1.54, 1.807) is 0 Å². The Balaban J connectivity index is 1.89. The molecule has 0 radical (unpaired) electrons. The first-order valence-electron chi connectivity index (χ1n) is 11.3. The summed E-state index contributed by atoms with van der Waals surface area (Å²) in [6, 6.07) is 10.9. The molecule has 174 valence electrons. The third-order valence-electron chi connectivity index (χ3n) is 5.22. The number of pyridine rings is 1. The molecule has 0 spiro atoms. The van der Waals surface area contributed by atoms with Gasteiger partial charge in [0.05, 0.1) is 40.0 Å². The number of hydrogen-bond donors (Lipinski definition) is 0. The van der Waals surface area contributed by atoms with Crippen LogP contribution in [0.15, 0.2) is 42.7 Å². The molecule has 0 atom stereocenters. The molecule has 5 nitrogen and oxygen atoms in total. The molecule has 1 heterocycles. The van der Waals surface area contributed by atoms with Crippen LogP contribution in [0, 0.1) is 6.92 Å². The van der Waals surface area contributed by atoms with Gasteiger partial charge in [-0.2, -0.15) is 0 Å². The fourth-order valence-electron chi connectivity index (χ4n) is 3.30. The summed E-state index contributed by atoms with van der Waals surface area (Å²) >= 11 is 1.22. The first-order valence-corrected chi connectivity index (χ1v) is 12.3. The van der Waals surface area contributed by atoms with E-state index in [9.17, 15) is 4.79 Å². The van der Waals surface area contributed by atoms with E-state index in [0.29, 0.717) is 12.4 Å². The van der Waals surface area contributed by atoms with Crippen LogP contribution in [-0.4, -0.2) is 63.4 Å². The van der Waals surface area contributed by atoms with Crippen molar-refractivity contribution in [2.75, 3.05) is 58.5 Å². The fraction of sp³-hybridized carbons (Fsp3) is 0.462. The van der Waals surface area contributed by atoms with E-state index < -0.39 is 0 Å². The predicted octanol–water partition coefficient (Wildman–Crippen LogP) is 4.88. The largest absolute Gasteiger partial charge is 0.458 e. The van der Waals surface area contributed by atoms with Gasteiger partial charge >= 0.3 is 5.30 Å². The Morgan fingerprint density at radius 3 is 2.50 bits per heavy atom. The van der Waals surface area contributed by atoms with Gasteiger partial charge in [-0.15, -0.1) is 0 Å². The lowest BCUT2D eigenvalue weighted by atomic mass is 10.1. The molecule has 0 N–H and O–H groups in total. The minimum Gasteiger partial charge on any atom is -0.458 e. The van der Waals surface area contributed by atoms with E-state index in [4.69, 9.17) is 4.74 Å². The van der Waals surface area contributed by atoms with Crippen molar-refractivity contribution in [2.24, 2.45) is 0 Å². The quantitative estimate of drug-likeness (QED) is 0.274. The summed E-state index contributed by atoms with van der Waals surface area (Å²) < 4.78 is 8.02. The predicted molar refractivity (Wildman–Crippen MR) is 137 cm³/mol. The standard InChI is InChI=1S/C26H39N3O2S/c1-7-31-26(30)32-20-18-28-16-13-23(14-17-28)9-10-24-11-12-25(21-22(24)2)27(3)15-8-19-29(4,5)6/h9-14,16-17,21H,7-8,15,18-20H2,1-6H3/q+2. The van der Waals surface area contributed by atoms with E-state index in [1.165, 1.54) is 41.5 Å². The molecule has 2 aromatic rings. The highest BCUT2D eigenvalue weighted by Crippen LogP contribution is 2.20. The van der Waals surface area contributed by atoms with Crippen molar-refractivity contribution < 1.29 is 18.6 Å². The van der Waals surface area contributed by atoms with Gasteiger partial charge < -0.3 is 14.1 Å². The van der Waals surface area contributed by atoms with Crippen LogP contribution in [0.1, 0.15) is 30.0 Å². The van der Waals surface area contributed by atoms with Gasteiger partial charge in [0, 0.05) is 37.8 Å². The van der Waals surface area contributed by atoms with Crippen LogP contribution in [0.2, 0.25) is 0 Å². The van der Waals surface area contributed by atoms with Crippen molar-refractivity contribution in [2.45, 2.75) is 26.8 Å². The Hall–Kier alpha value is -2.31. The molecule has 1 aromatic carbocycles. The maximum Gasteiger partial charge on any atom is 0.367 e. The number of aromatic nitrogens is 1. The van der Waals surface area contributed by atoms with Crippen LogP contribution in [-0.2, 0) is 11.3 Å². The van der Waals surface area contributed by atoms with Gasteiger partial charge in [-0.1, -0.05) is 18.2 Å². The maximum atomic E-state index is 11.4. The Morgan fingerprint density at radius 1 is 1.16 bits per heavy atom. The Labute approximate surface area is 198 Å². The first kappa shape index (κ1) is 25.9. The van der Waals surface area contributed by atoms with Crippen LogP contribution >= 0.6 is 11.8 Å². The fourth-order valence-corrected chi connectivity index (χ4v) is 3.97. The topological polar surface area (TPSA) is 33.4 Å². The highest BCUT2D eigenvalue weighted by atomic mass is 32.2. The number of aryl methyl sites for hydroxylation is 2. The molecule has 2 rings (SSSR count). The second-order valence-corrected chi connectivity index (χ2v) is 10.1. The van der Waals surface area contributed by atoms with Crippen molar-refractivity contribution in [1.29, 1.82) is 0 Å². The zero-order valence-electron chi connectivity index (χ0n) is 20.5. The van der Waals surface area contributed by atoms with Crippen LogP contribution in [0.4, 0.5) is 10.5 Å². The summed E-state index contributed by atoms with van der Waals surface area (Å²) in [7, 11) is 8.89. The lowest BCUT2D eigenvalue weighted by molar-refractivity contribution is -0.870. The summed E-state index contributed by atoms with van der Waals surface area (Å²) in [5.41, 5.74) is 4.93. The molecule has 0 aliphatic carbocycles. The van der Waals surface area contributed by atoms with Crippen LogP contribution in [0.5, 0.6) is 0 Å². The molecule has 0 bridgehead atoms. The van der Waals surface area contributed by atoms with Gasteiger partial charge in [-0.25, -0.2) is 9.36 Å². The lowest BCUT2D eigenvalue weighted by Gasteiger charge is -2.26. The van der Waals surface area contributed by atoms with Crippen molar-refractivity contribution in [3.05, 3.63) is 59.4 Å². The van der Waals surface area contributed by atoms with Crippen LogP contribution < -0.4 is 9.47 Å². The molecule has 0 unspecified atom stereocenters. The normalized spacial score (nSPS) is 11.7. The average molecular weight is 458 g/mol. The van der Waals surface area contributed by atoms with Gasteiger partial charge in [-0.3, -0.25) is 0 Å². The summed E-state index contributed by atoms with van der Waals surface area (Å²) in [6.45, 7) is 7.43. The molecule has 0 aliphatic rings. The minimum atomic E-state index is -0.204. The van der Waals surface area contributed by atoms with E-state index in [-0.39, 0.29) is 5.30 Å². The number of hydrogen-bond acceptors (Lipinski definition) is 4. The number of thioether (sulfide) groups is 1. The number of ether oxygens (including phenoxy) is 1. The second kappa shape index (κ2) is 12.7. The number of quaternary nitrogens is 1. The highest BCUT2D eigenvalue weighted by molar-refractivity contribution is 8.13. The summed E-state index contributed by atoms with van der Waals surface area (Å²) in [6.07, 6.45) is 9.59. The zero-order valence-corrected chi connectivity index (χ0v) is 21.3. The lowest BCUT2D eigenvalue weighted by Crippen LogP contribution is -2.37. The molecular formula is C26H39N3O2S+2. The third-order valence-corrected chi connectivity index (χ3v) is 5.96. The third kappa shape index (κ3) is 9.45. The first-order chi connectivity index (χ1) is 15.2. The molecule has 0 aliphatic heterocycles. The molecule has 0 amide bonds. The minimum absolute atomic E-state index is 0.204. The molecule has 0 saturated carbocycles. The second-order valence-electron chi connectivity index (χ2n) is 9.06. The molecule has 0 saturated heterocycles. The SMILES string of the molecule is CCOC(=O)SCC[n+]1ccc(/C=C/c2ccc(N(C)CCC[N+](C)(C)C)cc2C)cc1. The van der Waals surface area contributed by atoms with Gasteiger partial charge in [-0.05, 0) is 54.4 Å². The van der Waals surface area contributed by atoms with Gasteiger partial charge in [0.25, 0.3) is 0 Å². The molecule has 1 aromatic heterocycles. The number of nitrogens with zero attached hydrogens (tertiary/aromatic N) is 3. The zero-order chi connectivity index (χ0) is 23.6. The van der Waals surface area contributed by atoms with E-state index in [0.717, 1.165) is 23.1 Å². The van der Waals surface area contributed by atoms with Crippen LogP contribution in [0.25, 0.3) is 12.2 Å². The van der Waals surface area contributed by atoms with Crippen LogP contribution in [0.3, 0.4) is 0 Å². The monoisotopic (exact) mass is 457 g/mol. The smallest absolute Gasteiger partial charge is 0.367 e. The van der Waals surface area contributed by atoms with Gasteiger partial charge in [0.2, 0.25) is 0 Å². The number of rotatable bonds is 11. The summed E-state index contributed by atoms with van der Waals surface area (Å²) in [4.78, 5) is 13.7. The van der Waals surface area contributed by atoms with Crippen molar-refractivity contribution in [3.8, 4) is 0 Å². The Morgan fingerprint density at radius 2 is 1.88 bits per heavy atom. The Kier molecular flexibility index (Phi) is 10.3.